The van der Waals surface area contributed by atoms with Crippen LogP contribution in [0.4, 0.5) is 11.6 Å². The maximum Gasteiger partial charge on any atom is 0.271 e. The van der Waals surface area contributed by atoms with Crippen LogP contribution in [0.5, 0.6) is 0 Å². The molecular formula is C16H21N7O3. The van der Waals surface area contributed by atoms with E-state index in [4.69, 9.17) is 4.74 Å². The number of nitrogens with zero attached hydrogens (tertiary/aromatic N) is 5. The van der Waals surface area contributed by atoms with Gasteiger partial charge in [-0.3, -0.25) is 9.59 Å². The first-order valence-corrected chi connectivity index (χ1v) is 8.34. The van der Waals surface area contributed by atoms with Gasteiger partial charge in [0.15, 0.2) is 0 Å². The number of hydrogen-bond donors (Lipinski definition) is 2. The summed E-state index contributed by atoms with van der Waals surface area (Å²) < 4.78 is 6.47. The van der Waals surface area contributed by atoms with Crippen molar-refractivity contribution in [3.05, 3.63) is 40.6 Å². The number of aryl methyl sites for hydroxylation is 1. The monoisotopic (exact) mass is 359 g/mol. The lowest BCUT2D eigenvalue weighted by Gasteiger charge is -2.27. The van der Waals surface area contributed by atoms with E-state index in [1.165, 1.54) is 25.5 Å². The van der Waals surface area contributed by atoms with E-state index in [2.05, 4.69) is 30.6 Å². The van der Waals surface area contributed by atoms with E-state index in [1.54, 1.807) is 0 Å². The zero-order chi connectivity index (χ0) is 18.4. The number of rotatable bonds is 6. The molecule has 0 atom stereocenters. The first kappa shape index (κ1) is 17.8. The molecule has 1 aliphatic rings. The highest BCUT2D eigenvalue weighted by Gasteiger charge is 2.13. The maximum atomic E-state index is 12.0. The molecule has 26 heavy (non-hydrogen) atoms. The van der Waals surface area contributed by atoms with Crippen molar-refractivity contribution in [1.29, 1.82) is 0 Å². The molecule has 1 amide bonds. The second-order valence-electron chi connectivity index (χ2n) is 5.72. The van der Waals surface area contributed by atoms with Crippen LogP contribution in [0.25, 0.3) is 0 Å². The van der Waals surface area contributed by atoms with E-state index in [1.807, 2.05) is 6.07 Å². The van der Waals surface area contributed by atoms with Crippen LogP contribution in [0.2, 0.25) is 0 Å². The average molecular weight is 359 g/mol. The Morgan fingerprint density at radius 1 is 1.23 bits per heavy atom. The number of amides is 1. The predicted octanol–water partition coefficient (Wildman–Crippen LogP) is -0.751. The fraction of sp³-hybridized carbons (Fsp3) is 0.438. The Bertz CT molecular complexity index is 817. The van der Waals surface area contributed by atoms with Gasteiger partial charge in [-0.15, -0.1) is 0 Å². The molecule has 0 aliphatic carbocycles. The van der Waals surface area contributed by atoms with E-state index in [-0.39, 0.29) is 17.2 Å². The summed E-state index contributed by atoms with van der Waals surface area (Å²) in [5.74, 6) is 1.21. The lowest BCUT2D eigenvalue weighted by Crippen LogP contribution is -2.36. The van der Waals surface area contributed by atoms with Gasteiger partial charge in [0, 0.05) is 45.4 Å². The molecule has 0 spiro atoms. The van der Waals surface area contributed by atoms with Gasteiger partial charge in [0.05, 0.1) is 13.2 Å². The molecule has 0 radical (unpaired) electrons. The summed E-state index contributed by atoms with van der Waals surface area (Å²) in [7, 11) is 1.50. The Kier molecular flexibility index (Phi) is 5.74. The molecule has 0 bridgehead atoms. The molecule has 138 valence electrons. The smallest absolute Gasteiger partial charge is 0.271 e. The third-order valence-corrected chi connectivity index (χ3v) is 3.90. The topological polar surface area (TPSA) is 114 Å². The largest absolute Gasteiger partial charge is 0.378 e. The van der Waals surface area contributed by atoms with Crippen molar-refractivity contribution in [2.75, 3.05) is 49.6 Å². The summed E-state index contributed by atoms with van der Waals surface area (Å²) in [5.41, 5.74) is -0.0632. The molecule has 0 unspecified atom stereocenters. The molecule has 10 nitrogen and oxygen atoms in total. The highest BCUT2D eigenvalue weighted by Crippen LogP contribution is 2.15. The van der Waals surface area contributed by atoms with Gasteiger partial charge < -0.3 is 20.3 Å². The van der Waals surface area contributed by atoms with Crippen LogP contribution in [0.15, 0.2) is 29.3 Å². The van der Waals surface area contributed by atoms with Gasteiger partial charge in [0.1, 0.15) is 23.7 Å². The zero-order valence-corrected chi connectivity index (χ0v) is 14.5. The number of hydrogen-bond acceptors (Lipinski definition) is 8. The van der Waals surface area contributed by atoms with Crippen molar-refractivity contribution in [2.45, 2.75) is 0 Å². The summed E-state index contributed by atoms with van der Waals surface area (Å²) in [6.07, 6.45) is 1.51. The second kappa shape index (κ2) is 8.39. The van der Waals surface area contributed by atoms with E-state index in [0.717, 1.165) is 23.6 Å². The summed E-state index contributed by atoms with van der Waals surface area (Å²) in [5, 5.41) is 9.80. The van der Waals surface area contributed by atoms with Crippen LogP contribution < -0.4 is 21.1 Å². The van der Waals surface area contributed by atoms with Crippen LogP contribution in [0, 0.1) is 0 Å². The Balaban J connectivity index is 1.48. The predicted molar refractivity (Wildman–Crippen MR) is 95.4 cm³/mol. The molecule has 0 saturated carbocycles. The SMILES string of the molecule is Cn1nc(C(=O)NCCNc2cc(N3CCOCC3)ncn2)ccc1=O. The number of aromatic nitrogens is 4. The van der Waals surface area contributed by atoms with Gasteiger partial charge in [-0.05, 0) is 6.07 Å². The minimum atomic E-state index is -0.334. The molecule has 1 fully saturated rings. The van der Waals surface area contributed by atoms with Gasteiger partial charge in [-0.2, -0.15) is 5.10 Å². The number of carbonyl (C=O) groups is 1. The normalized spacial score (nSPS) is 14.1. The van der Waals surface area contributed by atoms with Crippen LogP contribution in [0.3, 0.4) is 0 Å². The number of morpholine rings is 1. The maximum absolute atomic E-state index is 12.0. The first-order valence-electron chi connectivity index (χ1n) is 8.34. The molecule has 1 saturated heterocycles. The highest BCUT2D eigenvalue weighted by molar-refractivity contribution is 5.91. The van der Waals surface area contributed by atoms with Crippen molar-refractivity contribution in [1.82, 2.24) is 25.1 Å². The van der Waals surface area contributed by atoms with Crippen LogP contribution in [-0.2, 0) is 11.8 Å². The summed E-state index contributed by atoms with van der Waals surface area (Å²) >= 11 is 0. The minimum Gasteiger partial charge on any atom is -0.378 e. The fourth-order valence-corrected chi connectivity index (χ4v) is 2.49. The molecular weight excluding hydrogens is 338 g/mol. The van der Waals surface area contributed by atoms with E-state index >= 15 is 0 Å². The van der Waals surface area contributed by atoms with Crippen molar-refractivity contribution < 1.29 is 9.53 Å². The fourth-order valence-electron chi connectivity index (χ4n) is 2.49. The van der Waals surface area contributed by atoms with Crippen LogP contribution >= 0.6 is 0 Å². The highest BCUT2D eigenvalue weighted by atomic mass is 16.5. The zero-order valence-electron chi connectivity index (χ0n) is 14.5. The molecule has 2 aromatic heterocycles. The minimum absolute atomic E-state index is 0.198. The summed E-state index contributed by atoms with van der Waals surface area (Å²) in [6.45, 7) is 3.88. The third kappa shape index (κ3) is 4.54. The Hall–Kier alpha value is -3.01. The molecule has 3 heterocycles. The van der Waals surface area contributed by atoms with Crippen molar-refractivity contribution >= 4 is 17.5 Å². The third-order valence-electron chi connectivity index (χ3n) is 3.90. The lowest BCUT2D eigenvalue weighted by atomic mass is 10.3. The van der Waals surface area contributed by atoms with Crippen molar-refractivity contribution in [3.63, 3.8) is 0 Å². The van der Waals surface area contributed by atoms with Crippen LogP contribution in [-0.4, -0.2) is 65.0 Å². The average Bonchev–Trinajstić information content (AvgIpc) is 2.68. The lowest BCUT2D eigenvalue weighted by molar-refractivity contribution is 0.0948. The number of ether oxygens (including phenoxy) is 1. The quantitative estimate of drug-likeness (QED) is 0.648. The van der Waals surface area contributed by atoms with Gasteiger partial charge in [0.25, 0.3) is 11.5 Å². The Morgan fingerprint density at radius 2 is 2.04 bits per heavy atom. The number of nitrogens with one attached hydrogen (secondary N) is 2. The summed E-state index contributed by atoms with van der Waals surface area (Å²) in [4.78, 5) is 33.9. The molecule has 2 aromatic rings. The molecule has 2 N–H and O–H groups in total. The standard InChI is InChI=1S/C16H21N7O3/c1-22-15(24)3-2-12(21-22)16(25)18-5-4-17-13-10-14(20-11-19-13)23-6-8-26-9-7-23/h2-3,10-11H,4-9H2,1H3,(H,18,25)(H,17,19,20). The van der Waals surface area contributed by atoms with Crippen LogP contribution in [0.1, 0.15) is 10.5 Å². The Labute approximate surface area is 150 Å². The van der Waals surface area contributed by atoms with E-state index in [0.29, 0.717) is 32.1 Å². The molecule has 3 rings (SSSR count). The van der Waals surface area contributed by atoms with E-state index in [9.17, 15) is 9.59 Å². The van der Waals surface area contributed by atoms with E-state index < -0.39 is 0 Å². The van der Waals surface area contributed by atoms with Gasteiger partial charge in [-0.25, -0.2) is 14.6 Å². The Morgan fingerprint density at radius 3 is 2.81 bits per heavy atom. The van der Waals surface area contributed by atoms with Gasteiger partial charge >= 0.3 is 0 Å². The summed E-state index contributed by atoms with van der Waals surface area (Å²) in [6, 6.07) is 4.60. The van der Waals surface area contributed by atoms with Gasteiger partial charge in [0.2, 0.25) is 0 Å². The molecule has 0 aromatic carbocycles. The van der Waals surface area contributed by atoms with Crippen molar-refractivity contribution in [2.24, 2.45) is 7.05 Å². The number of anilines is 2. The molecule has 10 heteroatoms. The van der Waals surface area contributed by atoms with Crippen molar-refractivity contribution in [3.8, 4) is 0 Å². The molecule has 1 aliphatic heterocycles. The van der Waals surface area contributed by atoms with Gasteiger partial charge in [-0.1, -0.05) is 0 Å². The number of carbonyl (C=O) groups excluding carboxylic acids is 1. The second-order valence-corrected chi connectivity index (χ2v) is 5.72. The first-order chi connectivity index (χ1) is 12.6.